The molecule has 1 heteroatoms. The third-order valence-corrected chi connectivity index (χ3v) is 1.17. The molecule has 0 amide bonds. The second-order valence-corrected chi connectivity index (χ2v) is 1.78. The third kappa shape index (κ3) is 1.97. The van der Waals surface area contributed by atoms with Crippen LogP contribution in [0.3, 0.4) is 0 Å². The summed E-state index contributed by atoms with van der Waals surface area (Å²) in [5.74, 6) is 0. The predicted molar refractivity (Wildman–Crippen MR) is 34.6 cm³/mol. The highest BCUT2D eigenvalue weighted by atomic mass is 16.3. The van der Waals surface area contributed by atoms with Crippen molar-refractivity contribution >= 4 is 0 Å². The van der Waals surface area contributed by atoms with Crippen LogP contribution in [-0.2, 0) is 0 Å². The minimum Gasteiger partial charge on any atom is -0.388 e. The average molecular weight is 112 g/mol. The molecule has 0 saturated carbocycles. The van der Waals surface area contributed by atoms with Crippen LogP contribution < -0.4 is 0 Å². The fraction of sp³-hybridized carbons (Fsp3) is 0.571. The standard InChI is InChI=1S/C7H12O/c1-4-6(3)7(8)5-2/h7-8H,1,5H2,2-3H3/t7-/m1/s1. The van der Waals surface area contributed by atoms with E-state index in [-0.39, 0.29) is 6.10 Å². The van der Waals surface area contributed by atoms with Crippen molar-refractivity contribution in [2.75, 3.05) is 0 Å². The van der Waals surface area contributed by atoms with Crippen LogP contribution in [0, 0.1) is 0 Å². The van der Waals surface area contributed by atoms with E-state index >= 15 is 0 Å². The second kappa shape index (κ2) is 3.48. The minimum absolute atomic E-state index is 0.340. The Morgan fingerprint density at radius 3 is 2.50 bits per heavy atom. The SMILES string of the molecule is C=C=C(C)[C@H](O)CC. The molecular formula is C7H12O. The van der Waals surface area contributed by atoms with Crippen LogP contribution in [0.5, 0.6) is 0 Å². The molecule has 0 aromatic rings. The third-order valence-electron chi connectivity index (χ3n) is 1.17. The number of aliphatic hydroxyl groups is 1. The summed E-state index contributed by atoms with van der Waals surface area (Å²) < 4.78 is 0. The molecule has 0 heterocycles. The first kappa shape index (κ1) is 7.48. The van der Waals surface area contributed by atoms with E-state index in [0.717, 1.165) is 12.0 Å². The van der Waals surface area contributed by atoms with Gasteiger partial charge in [-0.3, -0.25) is 0 Å². The van der Waals surface area contributed by atoms with Gasteiger partial charge in [-0.2, -0.15) is 0 Å². The van der Waals surface area contributed by atoms with E-state index in [1.807, 2.05) is 13.8 Å². The van der Waals surface area contributed by atoms with Gasteiger partial charge in [-0.25, -0.2) is 0 Å². The fourth-order valence-electron chi connectivity index (χ4n) is 0.424. The molecule has 0 aliphatic carbocycles. The zero-order chi connectivity index (χ0) is 6.57. The van der Waals surface area contributed by atoms with Gasteiger partial charge in [-0.15, -0.1) is 5.73 Å². The Bertz CT molecular complexity index is 110. The Labute approximate surface area is 50.3 Å². The molecule has 0 aliphatic heterocycles. The van der Waals surface area contributed by atoms with Gasteiger partial charge in [0.25, 0.3) is 0 Å². The van der Waals surface area contributed by atoms with Crippen LogP contribution in [0.4, 0.5) is 0 Å². The fourth-order valence-corrected chi connectivity index (χ4v) is 0.424. The smallest absolute Gasteiger partial charge is 0.0818 e. The monoisotopic (exact) mass is 112 g/mol. The molecule has 0 spiro atoms. The summed E-state index contributed by atoms with van der Waals surface area (Å²) in [4.78, 5) is 0. The van der Waals surface area contributed by atoms with Crippen LogP contribution in [0.25, 0.3) is 0 Å². The highest BCUT2D eigenvalue weighted by molar-refractivity contribution is 5.00. The van der Waals surface area contributed by atoms with E-state index in [0.29, 0.717) is 0 Å². The first-order chi connectivity index (χ1) is 3.72. The summed E-state index contributed by atoms with van der Waals surface area (Å²) in [6.45, 7) is 7.15. The summed E-state index contributed by atoms with van der Waals surface area (Å²) in [6, 6.07) is 0. The largest absolute Gasteiger partial charge is 0.388 e. The van der Waals surface area contributed by atoms with Gasteiger partial charge in [0, 0.05) is 0 Å². The lowest BCUT2D eigenvalue weighted by Crippen LogP contribution is -2.03. The molecule has 1 atom stereocenters. The Kier molecular flexibility index (Phi) is 3.25. The highest BCUT2D eigenvalue weighted by Gasteiger charge is 1.98. The number of hydrogen-bond acceptors (Lipinski definition) is 1. The first-order valence-corrected chi connectivity index (χ1v) is 2.77. The lowest BCUT2D eigenvalue weighted by Gasteiger charge is -2.02. The topological polar surface area (TPSA) is 20.2 Å². The van der Waals surface area contributed by atoms with Crippen LogP contribution in [0.2, 0.25) is 0 Å². The summed E-state index contributed by atoms with van der Waals surface area (Å²) in [7, 11) is 0. The van der Waals surface area contributed by atoms with Gasteiger partial charge in [0.2, 0.25) is 0 Å². The van der Waals surface area contributed by atoms with E-state index in [1.54, 1.807) is 0 Å². The quantitative estimate of drug-likeness (QED) is 0.536. The van der Waals surface area contributed by atoms with Crippen molar-refractivity contribution in [1.82, 2.24) is 0 Å². The van der Waals surface area contributed by atoms with Gasteiger partial charge in [0.15, 0.2) is 0 Å². The predicted octanol–water partition coefficient (Wildman–Crippen LogP) is 1.49. The van der Waals surface area contributed by atoms with Crippen molar-refractivity contribution < 1.29 is 5.11 Å². The van der Waals surface area contributed by atoms with Crippen LogP contribution in [0.1, 0.15) is 20.3 Å². The maximum absolute atomic E-state index is 8.99. The molecule has 0 aromatic carbocycles. The molecular weight excluding hydrogens is 100 g/mol. The lowest BCUT2D eigenvalue weighted by atomic mass is 10.1. The molecule has 1 nitrogen and oxygen atoms in total. The molecule has 0 rings (SSSR count). The zero-order valence-corrected chi connectivity index (χ0v) is 5.44. The Morgan fingerprint density at radius 1 is 1.88 bits per heavy atom. The molecule has 0 saturated heterocycles. The Balaban J connectivity index is 3.82. The number of hydrogen-bond donors (Lipinski definition) is 1. The molecule has 0 aliphatic rings. The van der Waals surface area contributed by atoms with Crippen molar-refractivity contribution in [3.05, 3.63) is 17.9 Å². The van der Waals surface area contributed by atoms with Gasteiger partial charge in [-0.05, 0) is 18.9 Å². The van der Waals surface area contributed by atoms with E-state index in [4.69, 9.17) is 5.11 Å². The van der Waals surface area contributed by atoms with E-state index in [2.05, 4.69) is 12.3 Å². The van der Waals surface area contributed by atoms with Gasteiger partial charge in [-0.1, -0.05) is 13.5 Å². The zero-order valence-electron chi connectivity index (χ0n) is 5.44. The highest BCUT2D eigenvalue weighted by Crippen LogP contribution is 2.00. The summed E-state index contributed by atoms with van der Waals surface area (Å²) in [6.07, 6.45) is 0.404. The van der Waals surface area contributed by atoms with Crippen molar-refractivity contribution in [2.24, 2.45) is 0 Å². The van der Waals surface area contributed by atoms with Crippen LogP contribution >= 0.6 is 0 Å². The van der Waals surface area contributed by atoms with Gasteiger partial charge >= 0.3 is 0 Å². The summed E-state index contributed by atoms with van der Waals surface area (Å²) in [5.41, 5.74) is 3.46. The number of aliphatic hydroxyl groups excluding tert-OH is 1. The van der Waals surface area contributed by atoms with E-state index in [9.17, 15) is 0 Å². The Morgan fingerprint density at radius 2 is 2.38 bits per heavy atom. The maximum Gasteiger partial charge on any atom is 0.0818 e. The normalized spacial score (nSPS) is 12.4. The van der Waals surface area contributed by atoms with E-state index < -0.39 is 0 Å². The van der Waals surface area contributed by atoms with Crippen molar-refractivity contribution in [1.29, 1.82) is 0 Å². The average Bonchev–Trinajstić information content (AvgIpc) is 1.84. The van der Waals surface area contributed by atoms with E-state index in [1.165, 1.54) is 0 Å². The van der Waals surface area contributed by atoms with Crippen LogP contribution in [-0.4, -0.2) is 11.2 Å². The lowest BCUT2D eigenvalue weighted by molar-refractivity contribution is 0.207. The Hall–Kier alpha value is -0.520. The number of rotatable bonds is 2. The molecule has 0 bridgehead atoms. The molecule has 0 unspecified atom stereocenters. The maximum atomic E-state index is 8.99. The molecule has 0 aromatic heterocycles. The van der Waals surface area contributed by atoms with Gasteiger partial charge < -0.3 is 5.11 Å². The molecule has 0 radical (unpaired) electrons. The first-order valence-electron chi connectivity index (χ1n) is 2.77. The summed E-state index contributed by atoms with van der Waals surface area (Å²) >= 11 is 0. The molecule has 1 N–H and O–H groups in total. The van der Waals surface area contributed by atoms with Crippen molar-refractivity contribution in [2.45, 2.75) is 26.4 Å². The molecule has 8 heavy (non-hydrogen) atoms. The van der Waals surface area contributed by atoms with Crippen molar-refractivity contribution in [3.63, 3.8) is 0 Å². The second-order valence-electron chi connectivity index (χ2n) is 1.78. The minimum atomic E-state index is -0.340. The van der Waals surface area contributed by atoms with Crippen molar-refractivity contribution in [3.8, 4) is 0 Å². The van der Waals surface area contributed by atoms with Crippen LogP contribution in [0.15, 0.2) is 17.9 Å². The molecule has 46 valence electrons. The van der Waals surface area contributed by atoms with Gasteiger partial charge in [0.05, 0.1) is 6.10 Å². The summed E-state index contributed by atoms with van der Waals surface area (Å²) in [5, 5.41) is 8.99. The van der Waals surface area contributed by atoms with Gasteiger partial charge in [0.1, 0.15) is 0 Å². The molecule has 0 fully saturated rings.